The molecule has 1 unspecified atom stereocenters. The number of amides is 2. The first-order chi connectivity index (χ1) is 13.2. The number of carbonyl (C=O) groups excluding carboxylic acids is 2. The van der Waals surface area contributed by atoms with Crippen molar-refractivity contribution in [1.29, 1.82) is 0 Å². The van der Waals surface area contributed by atoms with Crippen LogP contribution in [-0.4, -0.2) is 65.4 Å². The van der Waals surface area contributed by atoms with E-state index in [9.17, 15) is 9.59 Å². The minimum Gasteiger partial charge on any atom is -0.353 e. The van der Waals surface area contributed by atoms with Crippen molar-refractivity contribution >= 4 is 17.6 Å². The molecule has 2 aliphatic heterocycles. The van der Waals surface area contributed by atoms with Crippen molar-refractivity contribution < 1.29 is 9.59 Å². The lowest BCUT2D eigenvalue weighted by Gasteiger charge is -2.40. The van der Waals surface area contributed by atoms with Crippen molar-refractivity contribution in [3.05, 3.63) is 24.4 Å². The molecule has 1 saturated carbocycles. The van der Waals surface area contributed by atoms with Gasteiger partial charge in [0.1, 0.15) is 11.2 Å². The zero-order chi connectivity index (χ0) is 18.9. The Morgan fingerprint density at radius 3 is 2.48 bits per heavy atom. The molecule has 0 bridgehead atoms. The number of likely N-dealkylation sites (tertiary alicyclic amines) is 1. The van der Waals surface area contributed by atoms with Gasteiger partial charge in [-0.05, 0) is 50.7 Å². The van der Waals surface area contributed by atoms with E-state index in [4.69, 9.17) is 0 Å². The average molecular weight is 370 g/mol. The summed E-state index contributed by atoms with van der Waals surface area (Å²) < 4.78 is 0. The molecular formula is C21H30N4O2. The van der Waals surface area contributed by atoms with Gasteiger partial charge in [-0.1, -0.05) is 13.0 Å². The minimum atomic E-state index is -0.752. The summed E-state index contributed by atoms with van der Waals surface area (Å²) in [5.41, 5.74) is -0.752. The molecule has 0 spiro atoms. The average Bonchev–Trinajstić information content (AvgIpc) is 3.55. The van der Waals surface area contributed by atoms with Crippen LogP contribution in [0.5, 0.6) is 0 Å². The Hall–Kier alpha value is -2.11. The van der Waals surface area contributed by atoms with Crippen LogP contribution in [0.4, 0.5) is 5.82 Å². The van der Waals surface area contributed by atoms with Crippen LogP contribution < -0.4 is 4.90 Å². The molecule has 1 aromatic rings. The van der Waals surface area contributed by atoms with Gasteiger partial charge in [0, 0.05) is 45.0 Å². The van der Waals surface area contributed by atoms with Gasteiger partial charge in [-0.2, -0.15) is 0 Å². The van der Waals surface area contributed by atoms with Crippen LogP contribution in [0.1, 0.15) is 45.4 Å². The molecule has 3 heterocycles. The van der Waals surface area contributed by atoms with Gasteiger partial charge in [-0.25, -0.2) is 4.98 Å². The largest absolute Gasteiger partial charge is 0.353 e. The molecule has 4 rings (SSSR count). The molecule has 2 saturated heterocycles. The van der Waals surface area contributed by atoms with Crippen molar-refractivity contribution in [3.8, 4) is 0 Å². The van der Waals surface area contributed by atoms with Crippen LogP contribution in [0, 0.1) is 5.41 Å². The highest BCUT2D eigenvalue weighted by atomic mass is 16.2. The maximum atomic E-state index is 13.3. The molecule has 146 valence electrons. The molecule has 1 atom stereocenters. The van der Waals surface area contributed by atoms with Crippen molar-refractivity contribution in [2.24, 2.45) is 5.41 Å². The lowest BCUT2D eigenvalue weighted by molar-refractivity contribution is -0.152. The molecular weight excluding hydrogens is 340 g/mol. The number of piperidine rings is 1. The number of pyridine rings is 1. The van der Waals surface area contributed by atoms with Gasteiger partial charge in [0.25, 0.3) is 0 Å². The summed E-state index contributed by atoms with van der Waals surface area (Å²) in [6.45, 7) is 5.85. The van der Waals surface area contributed by atoms with Crippen molar-refractivity contribution in [1.82, 2.24) is 14.8 Å². The van der Waals surface area contributed by atoms with E-state index in [1.807, 2.05) is 28.0 Å². The first-order valence-electron chi connectivity index (χ1n) is 10.4. The van der Waals surface area contributed by atoms with E-state index in [2.05, 4.69) is 16.8 Å². The Morgan fingerprint density at radius 2 is 1.85 bits per heavy atom. The maximum absolute atomic E-state index is 13.3. The Labute approximate surface area is 161 Å². The van der Waals surface area contributed by atoms with Gasteiger partial charge in [0.05, 0.1) is 0 Å². The van der Waals surface area contributed by atoms with Crippen LogP contribution in [0.25, 0.3) is 0 Å². The lowest BCUT2D eigenvalue weighted by Crippen LogP contribution is -2.55. The zero-order valence-corrected chi connectivity index (χ0v) is 16.3. The maximum Gasteiger partial charge on any atom is 0.238 e. The monoisotopic (exact) mass is 370 g/mol. The fraction of sp³-hybridized carbons (Fsp3) is 0.667. The molecule has 2 amide bonds. The zero-order valence-electron chi connectivity index (χ0n) is 16.3. The van der Waals surface area contributed by atoms with Gasteiger partial charge in [0.2, 0.25) is 11.8 Å². The van der Waals surface area contributed by atoms with E-state index in [1.54, 1.807) is 6.20 Å². The number of hydrogen-bond acceptors (Lipinski definition) is 4. The van der Waals surface area contributed by atoms with Gasteiger partial charge >= 0.3 is 0 Å². The Balaban J connectivity index is 1.40. The van der Waals surface area contributed by atoms with Gasteiger partial charge in [0.15, 0.2) is 0 Å². The summed E-state index contributed by atoms with van der Waals surface area (Å²) >= 11 is 0. The summed E-state index contributed by atoms with van der Waals surface area (Å²) in [7, 11) is 0. The van der Waals surface area contributed by atoms with Gasteiger partial charge < -0.3 is 14.7 Å². The van der Waals surface area contributed by atoms with Crippen molar-refractivity contribution in [2.75, 3.05) is 37.6 Å². The predicted molar refractivity (Wildman–Crippen MR) is 104 cm³/mol. The normalized spacial score (nSPS) is 24.6. The molecule has 27 heavy (non-hydrogen) atoms. The van der Waals surface area contributed by atoms with E-state index in [1.165, 1.54) is 6.42 Å². The highest BCUT2D eigenvalue weighted by molar-refractivity contribution is 6.08. The second kappa shape index (κ2) is 7.49. The standard InChI is InChI=1S/C21H30N4O2/c1-2-17-7-4-6-12-25(17)20(27)21(9-10-21)19(26)24-15-13-23(14-16-24)18-8-3-5-11-22-18/h3,5,8,11,17H,2,4,6-7,9-10,12-16H2,1H3. The van der Waals surface area contributed by atoms with E-state index in [0.717, 1.165) is 57.6 Å². The van der Waals surface area contributed by atoms with Crippen LogP contribution in [0.15, 0.2) is 24.4 Å². The summed E-state index contributed by atoms with van der Waals surface area (Å²) in [6, 6.07) is 6.22. The van der Waals surface area contributed by atoms with Gasteiger partial charge in [-0.3, -0.25) is 9.59 Å². The Morgan fingerprint density at radius 1 is 1.07 bits per heavy atom. The fourth-order valence-corrected chi connectivity index (χ4v) is 4.59. The molecule has 0 radical (unpaired) electrons. The third-order valence-corrected chi connectivity index (χ3v) is 6.47. The van der Waals surface area contributed by atoms with E-state index in [0.29, 0.717) is 19.1 Å². The molecule has 0 N–H and O–H groups in total. The summed E-state index contributed by atoms with van der Waals surface area (Å²) in [5, 5.41) is 0. The quantitative estimate of drug-likeness (QED) is 0.763. The number of hydrogen-bond donors (Lipinski definition) is 0. The topological polar surface area (TPSA) is 56.8 Å². The number of piperazine rings is 1. The van der Waals surface area contributed by atoms with Crippen molar-refractivity contribution in [2.45, 2.75) is 51.5 Å². The SMILES string of the molecule is CCC1CCCCN1C(=O)C1(C(=O)N2CCN(c3ccccn3)CC2)CC1. The summed E-state index contributed by atoms with van der Waals surface area (Å²) in [4.78, 5) is 37.1. The van der Waals surface area contributed by atoms with E-state index >= 15 is 0 Å². The third-order valence-electron chi connectivity index (χ3n) is 6.47. The van der Waals surface area contributed by atoms with E-state index in [-0.39, 0.29) is 11.8 Å². The first kappa shape index (κ1) is 18.3. The molecule has 6 heteroatoms. The van der Waals surface area contributed by atoms with Crippen LogP contribution in [0.2, 0.25) is 0 Å². The fourth-order valence-electron chi connectivity index (χ4n) is 4.59. The number of carbonyl (C=O) groups is 2. The molecule has 6 nitrogen and oxygen atoms in total. The second-order valence-electron chi connectivity index (χ2n) is 8.11. The third kappa shape index (κ3) is 3.42. The van der Waals surface area contributed by atoms with Crippen molar-refractivity contribution in [3.63, 3.8) is 0 Å². The Bertz CT molecular complexity index is 681. The molecule has 1 aliphatic carbocycles. The molecule has 3 aliphatic rings. The van der Waals surface area contributed by atoms with Crippen LogP contribution >= 0.6 is 0 Å². The number of aromatic nitrogens is 1. The lowest BCUT2D eigenvalue weighted by atomic mass is 9.95. The summed E-state index contributed by atoms with van der Waals surface area (Å²) in [6.07, 6.45) is 7.56. The smallest absolute Gasteiger partial charge is 0.238 e. The van der Waals surface area contributed by atoms with Crippen LogP contribution in [-0.2, 0) is 9.59 Å². The number of nitrogens with zero attached hydrogens (tertiary/aromatic N) is 4. The molecule has 0 aromatic carbocycles. The van der Waals surface area contributed by atoms with Gasteiger partial charge in [-0.15, -0.1) is 0 Å². The second-order valence-corrected chi connectivity index (χ2v) is 8.11. The van der Waals surface area contributed by atoms with Crippen LogP contribution in [0.3, 0.4) is 0 Å². The highest BCUT2D eigenvalue weighted by Gasteiger charge is 2.60. The predicted octanol–water partition coefficient (Wildman–Crippen LogP) is 2.30. The molecule has 1 aromatic heterocycles. The summed E-state index contributed by atoms with van der Waals surface area (Å²) in [5.74, 6) is 1.13. The number of anilines is 1. The number of rotatable bonds is 4. The Kier molecular flexibility index (Phi) is 5.06. The first-order valence-corrected chi connectivity index (χ1v) is 10.4. The highest BCUT2D eigenvalue weighted by Crippen LogP contribution is 2.49. The minimum absolute atomic E-state index is 0.0635. The van der Waals surface area contributed by atoms with E-state index < -0.39 is 5.41 Å². The molecule has 3 fully saturated rings.